The Kier molecular flexibility index (Phi) is 10.7. The number of hydrogen-bond acceptors (Lipinski definition) is 4. The molecule has 0 spiro atoms. The molecule has 0 aromatic carbocycles. The average molecular weight is 372 g/mol. The molecule has 1 aliphatic carbocycles. The predicted octanol–water partition coefficient (Wildman–Crippen LogP) is 3.19. The number of thioether (sulfide) groups is 1. The van der Waals surface area contributed by atoms with Crippen LogP contribution in [0.15, 0.2) is 4.99 Å². The van der Waals surface area contributed by atoms with Crippen molar-refractivity contribution in [1.29, 1.82) is 0 Å². The van der Waals surface area contributed by atoms with Crippen molar-refractivity contribution in [1.82, 2.24) is 10.6 Å². The van der Waals surface area contributed by atoms with Crippen molar-refractivity contribution in [2.45, 2.75) is 76.2 Å². The molecule has 2 unspecified atom stereocenters. The minimum atomic E-state index is 0.388. The molecule has 0 bridgehead atoms. The van der Waals surface area contributed by atoms with Crippen LogP contribution in [0.4, 0.5) is 0 Å². The van der Waals surface area contributed by atoms with E-state index in [1.54, 1.807) is 0 Å². The topological polar surface area (TPSA) is 54.9 Å². The lowest BCUT2D eigenvalue weighted by Crippen LogP contribution is -2.45. The van der Waals surface area contributed by atoms with Gasteiger partial charge in [0.05, 0.1) is 6.10 Å². The fraction of sp³-hybridized carbons (Fsp3) is 0.947. The van der Waals surface area contributed by atoms with Crippen LogP contribution in [-0.4, -0.2) is 62.0 Å². The van der Waals surface area contributed by atoms with Crippen LogP contribution in [0, 0.1) is 0 Å². The van der Waals surface area contributed by atoms with Gasteiger partial charge in [0.25, 0.3) is 0 Å². The molecular weight excluding hydrogens is 334 g/mol. The third-order valence-electron chi connectivity index (χ3n) is 4.81. The second kappa shape index (κ2) is 12.8. The molecule has 146 valence electrons. The van der Waals surface area contributed by atoms with Crippen LogP contribution in [-0.2, 0) is 9.47 Å². The van der Waals surface area contributed by atoms with Gasteiger partial charge in [-0.15, -0.1) is 0 Å². The minimum absolute atomic E-state index is 0.388. The maximum atomic E-state index is 5.92. The first-order chi connectivity index (χ1) is 12.3. The van der Waals surface area contributed by atoms with Crippen molar-refractivity contribution in [3.05, 3.63) is 0 Å². The van der Waals surface area contributed by atoms with E-state index in [1.165, 1.54) is 31.4 Å². The van der Waals surface area contributed by atoms with Crippen LogP contribution in [0.5, 0.6) is 0 Å². The molecule has 2 rings (SSSR count). The summed E-state index contributed by atoms with van der Waals surface area (Å²) < 4.78 is 11.3. The molecule has 25 heavy (non-hydrogen) atoms. The summed E-state index contributed by atoms with van der Waals surface area (Å²) in [6, 6.07) is 0.564. The fourth-order valence-electron chi connectivity index (χ4n) is 3.52. The zero-order chi connectivity index (χ0) is 17.7. The van der Waals surface area contributed by atoms with E-state index in [0.717, 1.165) is 63.4 Å². The normalized spacial score (nSPS) is 25.8. The molecule has 0 aromatic rings. The van der Waals surface area contributed by atoms with E-state index in [0.29, 0.717) is 12.1 Å². The molecule has 1 saturated carbocycles. The molecule has 2 fully saturated rings. The quantitative estimate of drug-likeness (QED) is 0.370. The summed E-state index contributed by atoms with van der Waals surface area (Å²) in [5.74, 6) is 2.19. The number of guanidine groups is 1. The Morgan fingerprint density at radius 2 is 2.04 bits per heavy atom. The van der Waals surface area contributed by atoms with Crippen molar-refractivity contribution in [3.63, 3.8) is 0 Å². The summed E-state index contributed by atoms with van der Waals surface area (Å²) in [6.45, 7) is 8.60. The summed E-state index contributed by atoms with van der Waals surface area (Å²) in [4.78, 5) is 4.74. The number of nitrogens with zero attached hydrogens (tertiary/aromatic N) is 1. The van der Waals surface area contributed by atoms with E-state index >= 15 is 0 Å². The molecule has 0 aromatic heterocycles. The summed E-state index contributed by atoms with van der Waals surface area (Å²) in [6.07, 6.45) is 8.65. The standard InChI is InChI=1S/C19H37N3O2S/c1-3-20-19(22-16-7-5-8-18(15-16)25-4-2)21-11-6-12-24-17-9-13-23-14-10-17/h16-18H,3-15H2,1-2H3,(H2,20,21,22). The first-order valence-electron chi connectivity index (χ1n) is 10.2. The molecule has 6 heteroatoms. The van der Waals surface area contributed by atoms with Crippen LogP contribution in [0.3, 0.4) is 0 Å². The number of aliphatic imine (C=N–C) groups is 1. The van der Waals surface area contributed by atoms with Gasteiger partial charge in [-0.3, -0.25) is 4.99 Å². The van der Waals surface area contributed by atoms with Gasteiger partial charge in [0.2, 0.25) is 0 Å². The Balaban J connectivity index is 1.66. The number of hydrogen-bond donors (Lipinski definition) is 2. The maximum Gasteiger partial charge on any atom is 0.191 e. The van der Waals surface area contributed by atoms with Crippen molar-refractivity contribution in [2.75, 3.05) is 38.7 Å². The third kappa shape index (κ3) is 8.65. The van der Waals surface area contributed by atoms with E-state index in [-0.39, 0.29) is 0 Å². The highest BCUT2D eigenvalue weighted by Gasteiger charge is 2.22. The second-order valence-corrected chi connectivity index (χ2v) is 8.46. The molecule has 0 radical (unpaired) electrons. The van der Waals surface area contributed by atoms with Gasteiger partial charge in [-0.1, -0.05) is 13.3 Å². The Bertz CT molecular complexity index is 374. The molecule has 1 aliphatic heterocycles. The predicted molar refractivity (Wildman–Crippen MR) is 108 cm³/mol. The van der Waals surface area contributed by atoms with E-state index in [4.69, 9.17) is 14.5 Å². The Labute approximate surface area is 158 Å². The molecule has 1 saturated heterocycles. The van der Waals surface area contributed by atoms with Gasteiger partial charge < -0.3 is 20.1 Å². The minimum Gasteiger partial charge on any atom is -0.381 e. The van der Waals surface area contributed by atoms with Crippen LogP contribution >= 0.6 is 11.8 Å². The van der Waals surface area contributed by atoms with E-state index in [9.17, 15) is 0 Å². The van der Waals surface area contributed by atoms with Crippen molar-refractivity contribution < 1.29 is 9.47 Å². The van der Waals surface area contributed by atoms with Crippen LogP contribution < -0.4 is 10.6 Å². The maximum absolute atomic E-state index is 5.92. The van der Waals surface area contributed by atoms with Gasteiger partial charge >= 0.3 is 0 Å². The number of ether oxygens (including phenoxy) is 2. The van der Waals surface area contributed by atoms with Crippen molar-refractivity contribution >= 4 is 17.7 Å². The highest BCUT2D eigenvalue weighted by molar-refractivity contribution is 7.99. The lowest BCUT2D eigenvalue weighted by atomic mass is 9.95. The zero-order valence-corrected chi connectivity index (χ0v) is 16.9. The first kappa shape index (κ1) is 20.8. The molecule has 1 heterocycles. The number of nitrogens with one attached hydrogen (secondary N) is 2. The van der Waals surface area contributed by atoms with E-state index in [2.05, 4.69) is 36.2 Å². The molecule has 2 atom stereocenters. The second-order valence-electron chi connectivity index (χ2n) is 6.88. The summed E-state index contributed by atoms with van der Waals surface area (Å²) in [5, 5.41) is 7.86. The smallest absolute Gasteiger partial charge is 0.191 e. The Morgan fingerprint density at radius 3 is 2.80 bits per heavy atom. The van der Waals surface area contributed by atoms with Gasteiger partial charge in [-0.2, -0.15) is 11.8 Å². The highest BCUT2D eigenvalue weighted by Crippen LogP contribution is 2.28. The fourth-order valence-corrected chi connectivity index (χ4v) is 4.70. The molecule has 0 amide bonds. The van der Waals surface area contributed by atoms with E-state index < -0.39 is 0 Å². The van der Waals surface area contributed by atoms with Gasteiger partial charge in [-0.25, -0.2) is 0 Å². The van der Waals surface area contributed by atoms with E-state index in [1.807, 2.05) is 0 Å². The van der Waals surface area contributed by atoms with Crippen LogP contribution in [0.1, 0.15) is 58.8 Å². The lowest BCUT2D eigenvalue weighted by molar-refractivity contribution is -0.0318. The average Bonchev–Trinajstić information content (AvgIpc) is 2.63. The molecule has 2 N–H and O–H groups in total. The SMILES string of the molecule is CCNC(=NCCCOC1CCOCC1)NC1CCCC(SCC)C1. The summed E-state index contributed by atoms with van der Waals surface area (Å²) >= 11 is 2.11. The highest BCUT2D eigenvalue weighted by atomic mass is 32.2. The largest absolute Gasteiger partial charge is 0.381 e. The zero-order valence-electron chi connectivity index (χ0n) is 16.1. The van der Waals surface area contributed by atoms with Gasteiger partial charge in [0, 0.05) is 44.2 Å². The molecule has 2 aliphatic rings. The molecule has 5 nitrogen and oxygen atoms in total. The lowest BCUT2D eigenvalue weighted by Gasteiger charge is -2.30. The third-order valence-corrected chi connectivity index (χ3v) is 6.04. The van der Waals surface area contributed by atoms with Gasteiger partial charge in [-0.05, 0) is 51.2 Å². The van der Waals surface area contributed by atoms with Crippen LogP contribution in [0.25, 0.3) is 0 Å². The summed E-state index contributed by atoms with van der Waals surface area (Å²) in [7, 11) is 0. The monoisotopic (exact) mass is 371 g/mol. The Hall–Kier alpha value is -0.460. The van der Waals surface area contributed by atoms with Crippen LogP contribution in [0.2, 0.25) is 0 Å². The van der Waals surface area contributed by atoms with Gasteiger partial charge in [0.1, 0.15) is 0 Å². The van der Waals surface area contributed by atoms with Crippen molar-refractivity contribution in [2.24, 2.45) is 4.99 Å². The first-order valence-corrected chi connectivity index (χ1v) is 11.2. The number of rotatable bonds is 9. The summed E-state index contributed by atoms with van der Waals surface area (Å²) in [5.41, 5.74) is 0. The Morgan fingerprint density at radius 1 is 1.20 bits per heavy atom. The van der Waals surface area contributed by atoms with Gasteiger partial charge in [0.15, 0.2) is 5.96 Å². The molecular formula is C19H37N3O2S. The van der Waals surface area contributed by atoms with Crippen molar-refractivity contribution in [3.8, 4) is 0 Å².